The quantitative estimate of drug-likeness (QED) is 0.821. The van der Waals surface area contributed by atoms with Crippen molar-refractivity contribution < 1.29 is 14.3 Å². The van der Waals surface area contributed by atoms with E-state index in [4.69, 9.17) is 4.74 Å². The number of rotatable bonds is 5. The lowest BCUT2D eigenvalue weighted by Crippen LogP contribution is -2.39. The van der Waals surface area contributed by atoms with Crippen molar-refractivity contribution in [2.24, 2.45) is 11.8 Å². The topological polar surface area (TPSA) is 55.4 Å². The number of carbonyl (C=O) groups excluding carboxylic acids is 2. The summed E-state index contributed by atoms with van der Waals surface area (Å²) in [7, 11) is 0. The van der Waals surface area contributed by atoms with Gasteiger partial charge in [-0.1, -0.05) is 13.3 Å². The zero-order chi connectivity index (χ0) is 13.8. The average molecular weight is 255 g/mol. The van der Waals surface area contributed by atoms with Gasteiger partial charge in [-0.05, 0) is 40.0 Å². The van der Waals surface area contributed by atoms with Crippen molar-refractivity contribution in [1.82, 2.24) is 5.32 Å². The molecule has 1 amide bonds. The Hall–Kier alpha value is -1.06. The molecule has 1 atom stereocenters. The van der Waals surface area contributed by atoms with Gasteiger partial charge in [-0.15, -0.1) is 0 Å². The van der Waals surface area contributed by atoms with Crippen LogP contribution >= 0.6 is 0 Å². The molecule has 1 fully saturated rings. The van der Waals surface area contributed by atoms with Gasteiger partial charge in [0.15, 0.2) is 0 Å². The summed E-state index contributed by atoms with van der Waals surface area (Å²) < 4.78 is 5.15. The average Bonchev–Trinajstić information content (AvgIpc) is 2.12. The van der Waals surface area contributed by atoms with E-state index in [1.165, 1.54) is 0 Å². The summed E-state index contributed by atoms with van der Waals surface area (Å²) in [6.07, 6.45) is 3.52. The molecule has 1 rings (SSSR count). The van der Waals surface area contributed by atoms with Gasteiger partial charge in [0.25, 0.3) is 0 Å². The lowest BCUT2D eigenvalue weighted by molar-refractivity contribution is -0.129. The van der Waals surface area contributed by atoms with Crippen LogP contribution in [0.2, 0.25) is 0 Å². The maximum absolute atomic E-state index is 12.1. The van der Waals surface area contributed by atoms with Crippen molar-refractivity contribution in [1.29, 1.82) is 0 Å². The van der Waals surface area contributed by atoms with Gasteiger partial charge in [0.1, 0.15) is 11.4 Å². The second-order valence-corrected chi connectivity index (χ2v) is 6.02. The molecule has 0 heterocycles. The molecule has 4 nitrogen and oxygen atoms in total. The van der Waals surface area contributed by atoms with E-state index >= 15 is 0 Å². The predicted molar refractivity (Wildman–Crippen MR) is 70.4 cm³/mol. The minimum atomic E-state index is -0.496. The number of hydrogen-bond acceptors (Lipinski definition) is 3. The number of carbonyl (C=O) groups is 2. The first-order valence-corrected chi connectivity index (χ1v) is 6.84. The van der Waals surface area contributed by atoms with E-state index in [9.17, 15) is 9.59 Å². The minimum absolute atomic E-state index is 0.0668. The second-order valence-electron chi connectivity index (χ2n) is 6.02. The Morgan fingerprint density at radius 1 is 1.33 bits per heavy atom. The first kappa shape index (κ1) is 15.0. The van der Waals surface area contributed by atoms with Crippen LogP contribution in [0.3, 0.4) is 0 Å². The number of amides is 1. The molecule has 0 aromatic heterocycles. The third-order valence-corrected chi connectivity index (χ3v) is 3.29. The number of Topliss-reactive ketones (excluding diaryl/α,β-unsaturated/α-hetero) is 1. The molecule has 1 aliphatic carbocycles. The molecule has 1 saturated carbocycles. The zero-order valence-corrected chi connectivity index (χ0v) is 11.9. The molecule has 4 heteroatoms. The van der Waals surface area contributed by atoms with Gasteiger partial charge in [-0.2, -0.15) is 0 Å². The van der Waals surface area contributed by atoms with Crippen molar-refractivity contribution in [3.05, 3.63) is 0 Å². The summed E-state index contributed by atoms with van der Waals surface area (Å²) in [5.74, 6) is 0.470. The summed E-state index contributed by atoms with van der Waals surface area (Å²) in [5.41, 5.74) is -0.496. The van der Waals surface area contributed by atoms with Gasteiger partial charge in [0, 0.05) is 18.4 Å². The highest BCUT2D eigenvalue weighted by atomic mass is 16.6. The Bertz CT molecular complexity index is 303. The number of hydrogen-bond donors (Lipinski definition) is 1. The molecule has 1 aliphatic rings. The smallest absolute Gasteiger partial charge is 0.407 e. The molecule has 0 spiro atoms. The van der Waals surface area contributed by atoms with Crippen LogP contribution in [0.1, 0.15) is 53.4 Å². The van der Waals surface area contributed by atoms with E-state index in [0.29, 0.717) is 12.3 Å². The van der Waals surface area contributed by atoms with Crippen molar-refractivity contribution in [3.8, 4) is 0 Å². The second kappa shape index (κ2) is 6.21. The fourth-order valence-electron chi connectivity index (χ4n) is 1.99. The molecular formula is C14H25NO3. The Kier molecular flexibility index (Phi) is 5.17. The normalized spacial score (nSPS) is 17.8. The zero-order valence-electron chi connectivity index (χ0n) is 11.9. The van der Waals surface area contributed by atoms with Gasteiger partial charge in [-0.25, -0.2) is 4.79 Å². The van der Waals surface area contributed by atoms with E-state index in [1.807, 2.05) is 27.7 Å². The lowest BCUT2D eigenvalue weighted by atomic mass is 9.77. The first-order valence-electron chi connectivity index (χ1n) is 6.84. The molecule has 1 unspecified atom stereocenters. The summed E-state index contributed by atoms with van der Waals surface area (Å²) in [4.78, 5) is 23.6. The maximum atomic E-state index is 12.1. The molecule has 0 radical (unpaired) electrons. The molecule has 0 saturated heterocycles. The van der Waals surface area contributed by atoms with Crippen LogP contribution in [0.5, 0.6) is 0 Å². The van der Waals surface area contributed by atoms with E-state index < -0.39 is 11.7 Å². The molecule has 104 valence electrons. The highest BCUT2D eigenvalue weighted by Crippen LogP contribution is 2.30. The molecule has 18 heavy (non-hydrogen) atoms. The Morgan fingerprint density at radius 2 is 1.94 bits per heavy atom. The van der Waals surface area contributed by atoms with Crippen LogP contribution in [-0.4, -0.2) is 24.0 Å². The fraction of sp³-hybridized carbons (Fsp3) is 0.857. The van der Waals surface area contributed by atoms with Crippen LogP contribution in [0.15, 0.2) is 0 Å². The molecular weight excluding hydrogens is 230 g/mol. The summed E-state index contributed by atoms with van der Waals surface area (Å²) in [5, 5.41) is 2.69. The molecule has 0 aromatic rings. The highest BCUT2D eigenvalue weighted by molar-refractivity contribution is 5.84. The standard InChI is InChI=1S/C14H25NO3/c1-5-10(12(16)11-7-6-8-11)9-15-13(17)18-14(2,3)4/h10-11H,5-9H2,1-4H3,(H,15,17). The Balaban J connectivity index is 2.34. The summed E-state index contributed by atoms with van der Waals surface area (Å²) in [6.45, 7) is 7.84. The van der Waals surface area contributed by atoms with Gasteiger partial charge in [0.05, 0.1) is 0 Å². The maximum Gasteiger partial charge on any atom is 0.407 e. The number of alkyl carbamates (subject to hydrolysis) is 1. The van der Waals surface area contributed by atoms with Gasteiger partial charge in [-0.3, -0.25) is 4.79 Å². The summed E-state index contributed by atoms with van der Waals surface area (Å²) >= 11 is 0. The molecule has 0 bridgehead atoms. The number of ketones is 1. The van der Waals surface area contributed by atoms with Crippen LogP contribution < -0.4 is 5.32 Å². The van der Waals surface area contributed by atoms with Gasteiger partial charge >= 0.3 is 6.09 Å². The monoisotopic (exact) mass is 255 g/mol. The molecule has 0 aromatic carbocycles. The van der Waals surface area contributed by atoms with Crippen LogP contribution in [-0.2, 0) is 9.53 Å². The van der Waals surface area contributed by atoms with Gasteiger partial charge < -0.3 is 10.1 Å². The molecule has 1 N–H and O–H groups in total. The fourth-order valence-corrected chi connectivity index (χ4v) is 1.99. The minimum Gasteiger partial charge on any atom is -0.444 e. The third kappa shape index (κ3) is 4.67. The number of nitrogens with one attached hydrogen (secondary N) is 1. The van der Waals surface area contributed by atoms with Crippen LogP contribution in [0.25, 0.3) is 0 Å². The summed E-state index contributed by atoms with van der Waals surface area (Å²) in [6, 6.07) is 0. The van der Waals surface area contributed by atoms with E-state index in [1.54, 1.807) is 0 Å². The highest BCUT2D eigenvalue weighted by Gasteiger charge is 2.30. The van der Waals surface area contributed by atoms with E-state index in [-0.39, 0.29) is 11.8 Å². The van der Waals surface area contributed by atoms with E-state index in [0.717, 1.165) is 25.7 Å². The SMILES string of the molecule is CCC(CNC(=O)OC(C)(C)C)C(=O)C1CCC1. The third-order valence-electron chi connectivity index (χ3n) is 3.29. The lowest BCUT2D eigenvalue weighted by Gasteiger charge is -2.28. The Morgan fingerprint density at radius 3 is 2.33 bits per heavy atom. The predicted octanol–water partition coefficient (Wildman–Crippen LogP) is 2.91. The van der Waals surface area contributed by atoms with Crippen LogP contribution in [0.4, 0.5) is 4.79 Å². The Labute approximate surface area is 109 Å². The van der Waals surface area contributed by atoms with Crippen molar-refractivity contribution in [2.45, 2.75) is 59.0 Å². The largest absolute Gasteiger partial charge is 0.444 e. The molecule has 0 aliphatic heterocycles. The van der Waals surface area contributed by atoms with Gasteiger partial charge in [0.2, 0.25) is 0 Å². The van der Waals surface area contributed by atoms with E-state index in [2.05, 4.69) is 5.32 Å². The first-order chi connectivity index (χ1) is 8.33. The number of ether oxygens (including phenoxy) is 1. The van der Waals surface area contributed by atoms with Crippen molar-refractivity contribution in [3.63, 3.8) is 0 Å². The van der Waals surface area contributed by atoms with Crippen molar-refractivity contribution in [2.75, 3.05) is 6.54 Å². The van der Waals surface area contributed by atoms with Crippen molar-refractivity contribution >= 4 is 11.9 Å². The van der Waals surface area contributed by atoms with Crippen LogP contribution in [0, 0.1) is 11.8 Å².